The largest absolute Gasteiger partial charge is 0.506 e. The fraction of sp³-hybridized carbons (Fsp3) is 0.308. The van der Waals surface area contributed by atoms with Crippen LogP contribution in [0.25, 0.3) is 0 Å². The fourth-order valence-electron chi connectivity index (χ4n) is 1.93. The molecule has 1 rings (SSSR count). The van der Waals surface area contributed by atoms with Gasteiger partial charge in [-0.2, -0.15) is 0 Å². The summed E-state index contributed by atoms with van der Waals surface area (Å²) in [6.07, 6.45) is 1.37. The van der Waals surface area contributed by atoms with E-state index in [1.165, 1.54) is 0 Å². The zero-order chi connectivity index (χ0) is 14.1. The molecule has 0 spiro atoms. The predicted molar refractivity (Wildman–Crippen MR) is 70.2 cm³/mol. The van der Waals surface area contributed by atoms with Crippen molar-refractivity contribution in [2.45, 2.75) is 31.1 Å². The second-order valence-electron chi connectivity index (χ2n) is 4.92. The molecule has 5 heteroatoms. The highest BCUT2D eigenvalue weighted by molar-refractivity contribution is 7.80. The van der Waals surface area contributed by atoms with Gasteiger partial charge >= 0.3 is 0 Å². The first-order chi connectivity index (χ1) is 8.29. The van der Waals surface area contributed by atoms with Crippen LogP contribution in [0.4, 0.5) is 0 Å². The Hall–Kier alpha value is -1.62. The van der Waals surface area contributed by atoms with Gasteiger partial charge in [0.25, 0.3) is 0 Å². The lowest BCUT2D eigenvalue weighted by Gasteiger charge is -2.25. The number of hydrogen-bond acceptors (Lipinski definition) is 5. The smallest absolute Gasteiger partial charge is 0.154 e. The third kappa shape index (κ3) is 2.18. The lowest BCUT2D eigenvalue weighted by atomic mass is 9.80. The van der Waals surface area contributed by atoms with E-state index in [-0.39, 0.29) is 21.6 Å². The van der Waals surface area contributed by atoms with Crippen LogP contribution in [0.15, 0.2) is 4.90 Å². The Kier molecular flexibility index (Phi) is 3.96. The number of thiol groups is 1. The van der Waals surface area contributed by atoms with Gasteiger partial charge in [-0.3, -0.25) is 14.4 Å². The second kappa shape index (κ2) is 4.94. The maximum atomic E-state index is 11.2. The van der Waals surface area contributed by atoms with E-state index in [9.17, 15) is 19.5 Å². The Bertz CT molecular complexity index is 492. The van der Waals surface area contributed by atoms with Gasteiger partial charge in [0.05, 0.1) is 11.1 Å². The van der Waals surface area contributed by atoms with Crippen LogP contribution in [-0.2, 0) is 5.41 Å². The number of rotatable bonds is 3. The quantitative estimate of drug-likeness (QED) is 0.651. The molecule has 0 aliphatic heterocycles. The minimum absolute atomic E-state index is 0.0375. The Labute approximate surface area is 110 Å². The van der Waals surface area contributed by atoms with Gasteiger partial charge in [-0.25, -0.2) is 0 Å². The number of aromatic hydroxyl groups is 1. The standard InChI is InChI=1S/C13H14O4S/c1-13(2,3)10-7(4-14)11(17)9(6-16)12(18)8(10)5-15/h4-6,17-18H,1-3H3. The van der Waals surface area contributed by atoms with Crippen molar-refractivity contribution in [2.75, 3.05) is 0 Å². The molecule has 0 aliphatic carbocycles. The number of hydrogen-bond donors (Lipinski definition) is 2. The molecule has 1 aromatic rings. The molecule has 0 heterocycles. The van der Waals surface area contributed by atoms with E-state index in [1.807, 2.05) is 0 Å². The molecule has 0 aliphatic rings. The number of phenols is 1. The number of carbonyl (C=O) groups excluding carboxylic acids is 3. The first-order valence-electron chi connectivity index (χ1n) is 5.27. The Morgan fingerprint density at radius 2 is 1.39 bits per heavy atom. The molecule has 0 amide bonds. The first kappa shape index (κ1) is 14.4. The Morgan fingerprint density at radius 1 is 0.944 bits per heavy atom. The molecule has 1 aromatic carbocycles. The van der Waals surface area contributed by atoms with Crippen LogP contribution in [0.5, 0.6) is 5.75 Å². The molecule has 96 valence electrons. The lowest BCUT2D eigenvalue weighted by Crippen LogP contribution is -2.19. The summed E-state index contributed by atoms with van der Waals surface area (Å²) in [6, 6.07) is 0. The van der Waals surface area contributed by atoms with Gasteiger partial charge in [0.2, 0.25) is 0 Å². The van der Waals surface area contributed by atoms with Gasteiger partial charge in [0.15, 0.2) is 18.9 Å². The van der Waals surface area contributed by atoms with Crippen molar-refractivity contribution in [3.63, 3.8) is 0 Å². The minimum atomic E-state index is -0.539. The summed E-state index contributed by atoms with van der Waals surface area (Å²) in [5.74, 6) is -0.430. The Balaban J connectivity index is 3.96. The highest BCUT2D eigenvalue weighted by Gasteiger charge is 2.28. The topological polar surface area (TPSA) is 71.4 Å². The van der Waals surface area contributed by atoms with E-state index in [0.717, 1.165) is 0 Å². The Morgan fingerprint density at radius 3 is 1.72 bits per heavy atom. The molecule has 0 radical (unpaired) electrons. The summed E-state index contributed by atoms with van der Waals surface area (Å²) in [4.78, 5) is 33.3. The summed E-state index contributed by atoms with van der Waals surface area (Å²) in [5, 5.41) is 9.91. The minimum Gasteiger partial charge on any atom is -0.506 e. The molecule has 0 bridgehead atoms. The van der Waals surface area contributed by atoms with Crippen molar-refractivity contribution in [2.24, 2.45) is 0 Å². The lowest BCUT2D eigenvalue weighted by molar-refractivity contribution is 0.111. The first-order valence-corrected chi connectivity index (χ1v) is 5.72. The number of benzene rings is 1. The molecule has 1 N–H and O–H groups in total. The van der Waals surface area contributed by atoms with Crippen LogP contribution < -0.4 is 0 Å². The van der Waals surface area contributed by atoms with Crippen molar-refractivity contribution in [1.29, 1.82) is 0 Å². The maximum absolute atomic E-state index is 11.2. The molecule has 0 saturated heterocycles. The van der Waals surface area contributed by atoms with Crippen molar-refractivity contribution >= 4 is 31.5 Å². The van der Waals surface area contributed by atoms with Crippen molar-refractivity contribution in [1.82, 2.24) is 0 Å². The van der Waals surface area contributed by atoms with Crippen molar-refractivity contribution in [3.05, 3.63) is 22.3 Å². The summed E-state index contributed by atoms with van der Waals surface area (Å²) in [5.41, 5.74) is -0.170. The van der Waals surface area contributed by atoms with E-state index in [0.29, 0.717) is 24.4 Å². The van der Waals surface area contributed by atoms with Crippen LogP contribution >= 0.6 is 12.6 Å². The van der Waals surface area contributed by atoms with Gasteiger partial charge in [0.1, 0.15) is 5.75 Å². The maximum Gasteiger partial charge on any atom is 0.154 e. The van der Waals surface area contributed by atoms with E-state index in [1.54, 1.807) is 20.8 Å². The monoisotopic (exact) mass is 266 g/mol. The van der Waals surface area contributed by atoms with E-state index < -0.39 is 11.2 Å². The van der Waals surface area contributed by atoms with Crippen molar-refractivity contribution in [3.8, 4) is 5.75 Å². The van der Waals surface area contributed by atoms with E-state index in [4.69, 9.17) is 0 Å². The van der Waals surface area contributed by atoms with E-state index in [2.05, 4.69) is 12.6 Å². The van der Waals surface area contributed by atoms with Gasteiger partial charge in [-0.05, 0) is 11.0 Å². The van der Waals surface area contributed by atoms with E-state index >= 15 is 0 Å². The molecule has 0 unspecified atom stereocenters. The third-order valence-corrected chi connectivity index (χ3v) is 3.14. The molecule has 0 aromatic heterocycles. The van der Waals surface area contributed by atoms with Crippen LogP contribution in [-0.4, -0.2) is 24.0 Å². The molecular formula is C13H14O4S. The van der Waals surface area contributed by atoms with Crippen LogP contribution in [0.3, 0.4) is 0 Å². The highest BCUT2D eigenvalue weighted by atomic mass is 32.1. The summed E-state index contributed by atoms with van der Waals surface area (Å²) >= 11 is 4.09. The molecular weight excluding hydrogens is 252 g/mol. The number of carbonyl (C=O) groups is 3. The van der Waals surface area contributed by atoms with Gasteiger partial charge in [-0.15, -0.1) is 12.6 Å². The van der Waals surface area contributed by atoms with Gasteiger partial charge in [-0.1, -0.05) is 20.8 Å². The summed E-state index contributed by atoms with van der Waals surface area (Å²) in [6.45, 7) is 5.40. The van der Waals surface area contributed by atoms with Gasteiger partial charge in [0, 0.05) is 10.5 Å². The summed E-state index contributed by atoms with van der Waals surface area (Å²) < 4.78 is 0. The van der Waals surface area contributed by atoms with Crippen LogP contribution in [0.1, 0.15) is 57.4 Å². The molecule has 0 fully saturated rings. The number of phenolic OH excluding ortho intramolecular Hbond substituents is 1. The summed E-state index contributed by atoms with van der Waals surface area (Å²) in [7, 11) is 0. The average Bonchev–Trinajstić information content (AvgIpc) is 2.27. The number of aldehydes is 3. The third-order valence-electron chi connectivity index (χ3n) is 2.66. The van der Waals surface area contributed by atoms with Gasteiger partial charge < -0.3 is 5.11 Å². The molecule has 0 atom stereocenters. The highest BCUT2D eigenvalue weighted by Crippen LogP contribution is 2.38. The van der Waals surface area contributed by atoms with Crippen molar-refractivity contribution < 1.29 is 19.5 Å². The SMILES string of the molecule is CC(C)(C)c1c(C=O)c(O)c(C=O)c(S)c1C=O. The van der Waals surface area contributed by atoms with Crippen LogP contribution in [0.2, 0.25) is 0 Å². The van der Waals surface area contributed by atoms with Crippen LogP contribution in [0, 0.1) is 0 Å². The normalized spacial score (nSPS) is 11.1. The average molecular weight is 266 g/mol. The molecule has 4 nitrogen and oxygen atoms in total. The predicted octanol–water partition coefficient (Wildman–Crippen LogP) is 2.42. The molecule has 18 heavy (non-hydrogen) atoms. The zero-order valence-corrected chi connectivity index (χ0v) is 11.2. The second-order valence-corrected chi connectivity index (χ2v) is 5.36. The molecule has 0 saturated carbocycles. The fourth-order valence-corrected chi connectivity index (χ4v) is 2.26. The zero-order valence-electron chi connectivity index (χ0n) is 10.4.